The molecule has 1 saturated heterocycles. The first-order valence-electron chi connectivity index (χ1n) is 5.55. The van der Waals surface area contributed by atoms with Crippen LogP contribution in [0.15, 0.2) is 24.3 Å². The molecule has 0 aromatic heterocycles. The normalized spacial score (nSPS) is 21.5. The van der Waals surface area contributed by atoms with E-state index < -0.39 is 8.07 Å². The lowest BCUT2D eigenvalue weighted by atomic mass is 10.3. The van der Waals surface area contributed by atoms with Crippen LogP contribution in [-0.2, 0) is 0 Å². The van der Waals surface area contributed by atoms with Gasteiger partial charge < -0.3 is 0 Å². The molecule has 1 heterocycles. The first kappa shape index (κ1) is 11.2. The molecule has 0 radical (unpaired) electrons. The Morgan fingerprint density at radius 3 is 2.20 bits per heavy atom. The Hall–Kier alpha value is -0.343. The van der Waals surface area contributed by atoms with Crippen LogP contribution in [0.2, 0.25) is 12.1 Å². The van der Waals surface area contributed by atoms with E-state index >= 15 is 0 Å². The number of rotatable bonds is 2. The molecule has 1 aromatic carbocycles. The quantitative estimate of drug-likeness (QED) is 0.551. The van der Waals surface area contributed by atoms with Gasteiger partial charge in [0, 0.05) is 5.00 Å². The maximum absolute atomic E-state index is 12.9. The summed E-state index contributed by atoms with van der Waals surface area (Å²) in [6.45, 7) is 2.11. The molecule has 15 heavy (non-hydrogen) atoms. The number of alkyl halides is 1. The van der Waals surface area contributed by atoms with Crippen LogP contribution in [0.25, 0.3) is 0 Å². The fourth-order valence-electron chi connectivity index (χ4n) is 2.70. The van der Waals surface area contributed by atoms with E-state index in [0.29, 0.717) is 0 Å². The fourth-order valence-corrected chi connectivity index (χ4v) is 8.41. The van der Waals surface area contributed by atoms with Gasteiger partial charge in [0.1, 0.15) is 13.9 Å². The summed E-state index contributed by atoms with van der Waals surface area (Å²) < 4.78 is 12.9. The zero-order chi connectivity index (χ0) is 10.9. The van der Waals surface area contributed by atoms with Crippen LogP contribution in [0.3, 0.4) is 0 Å². The molecular weight excluding hydrogens is 227 g/mol. The Morgan fingerprint density at radius 2 is 1.73 bits per heavy atom. The van der Waals surface area contributed by atoms with E-state index in [1.807, 2.05) is 12.1 Å². The topological polar surface area (TPSA) is 0 Å². The van der Waals surface area contributed by atoms with E-state index in [-0.39, 0.29) is 10.8 Å². The van der Waals surface area contributed by atoms with Gasteiger partial charge in [0.25, 0.3) is 0 Å². The fraction of sp³-hybridized carbons (Fsp3) is 0.500. The van der Waals surface area contributed by atoms with Crippen molar-refractivity contribution in [3.63, 3.8) is 0 Å². The molecule has 0 saturated carbocycles. The molecule has 1 aliphatic rings. The second-order valence-electron chi connectivity index (χ2n) is 4.49. The van der Waals surface area contributed by atoms with Crippen molar-refractivity contribution in [3.8, 4) is 0 Å². The number of hydrogen-bond acceptors (Lipinski definition) is 0. The number of benzene rings is 1. The standard InChI is InChI=1S/C12H16ClFSi/c1-10(13)15(8-2-3-9-15)12-6-4-11(14)5-7-12/h4-7,10H,2-3,8-9H2,1H3. The van der Waals surface area contributed by atoms with E-state index in [1.54, 1.807) is 12.1 Å². The Bertz CT molecular complexity index is 328. The highest BCUT2D eigenvalue weighted by Gasteiger charge is 2.42. The van der Waals surface area contributed by atoms with Gasteiger partial charge in [-0.15, -0.1) is 11.6 Å². The summed E-state index contributed by atoms with van der Waals surface area (Å²) in [6, 6.07) is 9.58. The van der Waals surface area contributed by atoms with Crippen LogP contribution in [-0.4, -0.2) is 13.1 Å². The van der Waals surface area contributed by atoms with Crippen LogP contribution >= 0.6 is 11.6 Å². The van der Waals surface area contributed by atoms with E-state index in [2.05, 4.69) is 6.92 Å². The molecule has 1 fully saturated rings. The third-order valence-electron chi connectivity index (χ3n) is 3.68. The molecule has 2 rings (SSSR count). The predicted octanol–water partition coefficient (Wildman–Crippen LogP) is 3.44. The molecular formula is C12H16ClFSi. The van der Waals surface area contributed by atoms with Gasteiger partial charge in [0.15, 0.2) is 0 Å². The molecule has 82 valence electrons. The van der Waals surface area contributed by atoms with Gasteiger partial charge in [-0.1, -0.05) is 49.2 Å². The molecule has 1 aliphatic heterocycles. The van der Waals surface area contributed by atoms with Crippen molar-refractivity contribution in [3.05, 3.63) is 30.1 Å². The van der Waals surface area contributed by atoms with Crippen molar-refractivity contribution in [2.24, 2.45) is 0 Å². The Kier molecular flexibility index (Phi) is 3.17. The van der Waals surface area contributed by atoms with Crippen LogP contribution in [0.1, 0.15) is 19.8 Å². The maximum Gasteiger partial charge on any atom is 0.123 e. The zero-order valence-corrected chi connectivity index (χ0v) is 10.7. The van der Waals surface area contributed by atoms with E-state index in [9.17, 15) is 4.39 Å². The molecule has 0 nitrogen and oxygen atoms in total. The molecule has 0 amide bonds. The molecule has 0 aliphatic carbocycles. The van der Waals surface area contributed by atoms with E-state index in [4.69, 9.17) is 11.6 Å². The summed E-state index contributed by atoms with van der Waals surface area (Å²) in [5, 5.41) is 1.59. The van der Waals surface area contributed by atoms with Crippen molar-refractivity contribution in [1.82, 2.24) is 0 Å². The smallest absolute Gasteiger partial charge is 0.123 e. The second-order valence-corrected chi connectivity index (χ2v) is 10.3. The van der Waals surface area contributed by atoms with E-state index in [0.717, 1.165) is 0 Å². The summed E-state index contributed by atoms with van der Waals surface area (Å²) >= 11 is 6.38. The number of halogens is 2. The average molecular weight is 243 g/mol. The first-order valence-corrected chi connectivity index (χ1v) is 8.48. The van der Waals surface area contributed by atoms with Crippen molar-refractivity contribution >= 4 is 24.9 Å². The summed E-state index contributed by atoms with van der Waals surface area (Å²) in [6.07, 6.45) is 2.58. The minimum Gasteiger partial charge on any atom is -0.207 e. The predicted molar refractivity (Wildman–Crippen MR) is 66.0 cm³/mol. The van der Waals surface area contributed by atoms with Crippen LogP contribution < -0.4 is 5.19 Å². The maximum atomic E-state index is 12.9. The van der Waals surface area contributed by atoms with Crippen molar-refractivity contribution in [2.45, 2.75) is 36.9 Å². The van der Waals surface area contributed by atoms with Gasteiger partial charge in [0.2, 0.25) is 0 Å². The third-order valence-corrected chi connectivity index (χ3v) is 10.4. The molecule has 0 bridgehead atoms. The molecule has 1 unspecified atom stereocenters. The Morgan fingerprint density at radius 1 is 1.20 bits per heavy atom. The third kappa shape index (κ3) is 1.97. The molecule has 0 N–H and O–H groups in total. The van der Waals surface area contributed by atoms with Gasteiger partial charge >= 0.3 is 0 Å². The van der Waals surface area contributed by atoms with Gasteiger partial charge in [0.05, 0.1) is 0 Å². The van der Waals surface area contributed by atoms with Gasteiger partial charge in [-0.3, -0.25) is 0 Å². The molecule has 0 spiro atoms. The average Bonchev–Trinajstić information content (AvgIpc) is 2.69. The summed E-state index contributed by atoms with van der Waals surface area (Å²) in [5.41, 5.74) is 0. The van der Waals surface area contributed by atoms with Crippen molar-refractivity contribution < 1.29 is 4.39 Å². The highest BCUT2D eigenvalue weighted by molar-refractivity contribution is 6.97. The summed E-state index contributed by atoms with van der Waals surface area (Å²) in [7, 11) is -1.51. The molecule has 1 aromatic rings. The lowest BCUT2D eigenvalue weighted by molar-refractivity contribution is 0.628. The highest BCUT2D eigenvalue weighted by Crippen LogP contribution is 2.34. The zero-order valence-electron chi connectivity index (χ0n) is 8.97. The summed E-state index contributed by atoms with van der Waals surface area (Å²) in [4.78, 5) is 0. The minimum atomic E-state index is -1.51. The minimum absolute atomic E-state index is 0.150. The summed E-state index contributed by atoms with van der Waals surface area (Å²) in [5.74, 6) is -0.150. The lowest BCUT2D eigenvalue weighted by Crippen LogP contribution is -2.52. The van der Waals surface area contributed by atoms with Crippen LogP contribution in [0.5, 0.6) is 0 Å². The largest absolute Gasteiger partial charge is 0.207 e. The van der Waals surface area contributed by atoms with Gasteiger partial charge in [-0.05, 0) is 12.1 Å². The van der Waals surface area contributed by atoms with Crippen molar-refractivity contribution in [2.75, 3.05) is 0 Å². The van der Waals surface area contributed by atoms with Crippen LogP contribution in [0.4, 0.5) is 4.39 Å². The van der Waals surface area contributed by atoms with Crippen molar-refractivity contribution in [1.29, 1.82) is 0 Å². The Labute approximate surface area is 96.5 Å². The van der Waals surface area contributed by atoms with Gasteiger partial charge in [-0.2, -0.15) is 0 Å². The van der Waals surface area contributed by atoms with Crippen LogP contribution in [0, 0.1) is 5.82 Å². The number of hydrogen-bond donors (Lipinski definition) is 0. The first-order chi connectivity index (χ1) is 7.15. The van der Waals surface area contributed by atoms with E-state index in [1.165, 1.54) is 30.1 Å². The highest BCUT2D eigenvalue weighted by atomic mass is 35.5. The SMILES string of the molecule is CC(Cl)[Si]1(c2ccc(F)cc2)CCCC1. The molecule has 3 heteroatoms. The second kappa shape index (κ2) is 4.26. The monoisotopic (exact) mass is 242 g/mol. The Balaban J connectivity index is 2.36. The van der Waals surface area contributed by atoms with Gasteiger partial charge in [-0.25, -0.2) is 4.39 Å². The molecule has 1 atom stereocenters. The lowest BCUT2D eigenvalue weighted by Gasteiger charge is -2.30.